The standard InChI is InChI=1S/C20H18ClF2N5O2/c1-28-11-16(17(27-28)18(22)23)26-20(30)19(29)25-15(14-4-2-3-9-24-14)10-12-5-7-13(21)8-6-12/h2-9,11,15,18H,10H2,1H3,(H,25,29)(H,26,30). The Kier molecular flexibility index (Phi) is 6.73. The summed E-state index contributed by atoms with van der Waals surface area (Å²) in [6.07, 6.45) is 0.232. The van der Waals surface area contributed by atoms with Crippen LogP contribution in [0.5, 0.6) is 0 Å². The minimum absolute atomic E-state index is 0.222. The summed E-state index contributed by atoms with van der Waals surface area (Å²) < 4.78 is 27.2. The molecule has 1 aromatic carbocycles. The van der Waals surface area contributed by atoms with Gasteiger partial charge < -0.3 is 10.6 Å². The first-order chi connectivity index (χ1) is 14.3. The molecule has 0 bridgehead atoms. The lowest BCUT2D eigenvalue weighted by Gasteiger charge is -2.18. The van der Waals surface area contributed by atoms with E-state index in [-0.39, 0.29) is 5.69 Å². The lowest BCUT2D eigenvalue weighted by molar-refractivity contribution is -0.136. The van der Waals surface area contributed by atoms with Crippen molar-refractivity contribution < 1.29 is 18.4 Å². The van der Waals surface area contributed by atoms with Crippen LogP contribution in [0.25, 0.3) is 0 Å². The molecule has 3 aromatic rings. The number of aromatic nitrogens is 3. The van der Waals surface area contributed by atoms with Gasteiger partial charge in [0.15, 0.2) is 5.69 Å². The Bertz CT molecular complexity index is 1030. The Labute approximate surface area is 176 Å². The Balaban J connectivity index is 1.75. The number of carbonyl (C=O) groups excluding carboxylic acids is 2. The summed E-state index contributed by atoms with van der Waals surface area (Å²) in [5, 5.41) is 8.96. The molecule has 2 N–H and O–H groups in total. The quantitative estimate of drug-likeness (QED) is 0.583. The van der Waals surface area contributed by atoms with Crippen LogP contribution < -0.4 is 10.6 Å². The molecule has 10 heteroatoms. The third-order valence-electron chi connectivity index (χ3n) is 4.22. The second kappa shape index (κ2) is 9.45. The van der Waals surface area contributed by atoms with Crippen LogP contribution in [0.15, 0.2) is 54.9 Å². The van der Waals surface area contributed by atoms with Crippen molar-refractivity contribution >= 4 is 29.1 Å². The molecule has 0 fully saturated rings. The van der Waals surface area contributed by atoms with E-state index in [1.54, 1.807) is 48.7 Å². The fourth-order valence-corrected chi connectivity index (χ4v) is 2.96. The minimum Gasteiger partial charge on any atom is -0.339 e. The topological polar surface area (TPSA) is 88.9 Å². The maximum absolute atomic E-state index is 13.0. The molecular formula is C20H18ClF2N5O2. The first-order valence-corrected chi connectivity index (χ1v) is 9.30. The fraction of sp³-hybridized carbons (Fsp3) is 0.200. The van der Waals surface area contributed by atoms with Crippen LogP contribution in [0.4, 0.5) is 14.5 Å². The summed E-state index contributed by atoms with van der Waals surface area (Å²) in [6, 6.07) is 11.6. The van der Waals surface area contributed by atoms with E-state index in [0.29, 0.717) is 17.1 Å². The zero-order valence-electron chi connectivity index (χ0n) is 15.8. The predicted octanol–water partition coefficient (Wildman–Crippen LogP) is 3.44. The fourth-order valence-electron chi connectivity index (χ4n) is 2.83. The molecule has 1 atom stereocenters. The molecular weight excluding hydrogens is 416 g/mol. The predicted molar refractivity (Wildman–Crippen MR) is 107 cm³/mol. The van der Waals surface area contributed by atoms with Crippen molar-refractivity contribution in [3.63, 3.8) is 0 Å². The number of hydrogen-bond donors (Lipinski definition) is 2. The van der Waals surface area contributed by atoms with Gasteiger partial charge >= 0.3 is 11.8 Å². The molecule has 156 valence electrons. The van der Waals surface area contributed by atoms with Gasteiger partial charge in [0.1, 0.15) is 0 Å². The number of amides is 2. The van der Waals surface area contributed by atoms with Gasteiger partial charge in [-0.05, 0) is 36.2 Å². The molecule has 1 unspecified atom stereocenters. The van der Waals surface area contributed by atoms with E-state index in [1.165, 1.54) is 13.2 Å². The van der Waals surface area contributed by atoms with Crippen molar-refractivity contribution in [1.29, 1.82) is 0 Å². The Morgan fingerprint density at radius 2 is 1.87 bits per heavy atom. The van der Waals surface area contributed by atoms with Crippen LogP contribution in [0.2, 0.25) is 5.02 Å². The summed E-state index contributed by atoms with van der Waals surface area (Å²) >= 11 is 5.91. The Hall–Kier alpha value is -3.33. The lowest BCUT2D eigenvalue weighted by Crippen LogP contribution is -2.39. The number of hydrogen-bond acceptors (Lipinski definition) is 4. The van der Waals surface area contributed by atoms with E-state index < -0.39 is 30.0 Å². The number of pyridine rings is 1. The highest BCUT2D eigenvalue weighted by Crippen LogP contribution is 2.25. The average molecular weight is 434 g/mol. The second-order valence-corrected chi connectivity index (χ2v) is 6.90. The van der Waals surface area contributed by atoms with Crippen molar-refractivity contribution in [1.82, 2.24) is 20.1 Å². The van der Waals surface area contributed by atoms with E-state index in [0.717, 1.165) is 10.2 Å². The molecule has 0 aliphatic rings. The lowest BCUT2D eigenvalue weighted by atomic mass is 10.0. The smallest absolute Gasteiger partial charge is 0.313 e. The van der Waals surface area contributed by atoms with Gasteiger partial charge in [-0.15, -0.1) is 0 Å². The van der Waals surface area contributed by atoms with Crippen molar-refractivity contribution in [2.75, 3.05) is 5.32 Å². The molecule has 30 heavy (non-hydrogen) atoms. The number of halogens is 3. The van der Waals surface area contributed by atoms with Gasteiger partial charge in [0.05, 0.1) is 17.4 Å². The highest BCUT2D eigenvalue weighted by atomic mass is 35.5. The maximum Gasteiger partial charge on any atom is 0.313 e. The highest BCUT2D eigenvalue weighted by molar-refractivity contribution is 6.39. The number of rotatable bonds is 6. The molecule has 0 saturated carbocycles. The van der Waals surface area contributed by atoms with Crippen LogP contribution in [0, 0.1) is 0 Å². The van der Waals surface area contributed by atoms with Gasteiger partial charge in [0.25, 0.3) is 6.43 Å². The van der Waals surface area contributed by atoms with Crippen LogP contribution in [-0.2, 0) is 23.1 Å². The van der Waals surface area contributed by atoms with Gasteiger partial charge in [-0.2, -0.15) is 5.10 Å². The van der Waals surface area contributed by atoms with E-state index in [4.69, 9.17) is 11.6 Å². The molecule has 0 aliphatic carbocycles. The summed E-state index contributed by atoms with van der Waals surface area (Å²) in [6.45, 7) is 0. The van der Waals surface area contributed by atoms with Crippen LogP contribution in [0.3, 0.4) is 0 Å². The molecule has 0 radical (unpaired) electrons. The van der Waals surface area contributed by atoms with Crippen molar-refractivity contribution in [3.05, 3.63) is 76.8 Å². The van der Waals surface area contributed by atoms with Crippen LogP contribution in [0.1, 0.15) is 29.4 Å². The number of nitrogens with zero attached hydrogens (tertiary/aromatic N) is 3. The minimum atomic E-state index is -2.89. The van der Waals surface area contributed by atoms with Crippen LogP contribution >= 0.6 is 11.6 Å². The summed E-state index contributed by atoms with van der Waals surface area (Å²) in [5.74, 6) is -2.06. The van der Waals surface area contributed by atoms with E-state index >= 15 is 0 Å². The Morgan fingerprint density at radius 1 is 1.13 bits per heavy atom. The number of nitrogens with one attached hydrogen (secondary N) is 2. The normalized spacial score (nSPS) is 11.9. The SMILES string of the molecule is Cn1cc(NC(=O)C(=O)NC(Cc2ccc(Cl)cc2)c2ccccn2)c(C(F)F)n1. The van der Waals surface area contributed by atoms with Crippen molar-refractivity contribution in [2.24, 2.45) is 7.05 Å². The third-order valence-corrected chi connectivity index (χ3v) is 4.47. The number of carbonyl (C=O) groups is 2. The third kappa shape index (κ3) is 5.38. The molecule has 2 amide bonds. The second-order valence-electron chi connectivity index (χ2n) is 6.47. The molecule has 2 aromatic heterocycles. The molecule has 0 spiro atoms. The Morgan fingerprint density at radius 3 is 2.50 bits per heavy atom. The molecule has 0 aliphatic heterocycles. The first kappa shape index (κ1) is 21.4. The molecule has 3 rings (SSSR count). The number of alkyl halides is 2. The summed E-state index contributed by atoms with van der Waals surface area (Å²) in [4.78, 5) is 29.0. The number of benzene rings is 1. The zero-order valence-corrected chi connectivity index (χ0v) is 16.6. The van der Waals surface area contributed by atoms with Gasteiger partial charge in [0, 0.05) is 24.5 Å². The van der Waals surface area contributed by atoms with Crippen molar-refractivity contribution in [3.8, 4) is 0 Å². The van der Waals surface area contributed by atoms with Crippen LogP contribution in [-0.4, -0.2) is 26.6 Å². The van der Waals surface area contributed by atoms with Gasteiger partial charge in [-0.25, -0.2) is 8.78 Å². The molecule has 0 saturated heterocycles. The summed E-state index contributed by atoms with van der Waals surface area (Å²) in [5.41, 5.74) is 0.576. The first-order valence-electron chi connectivity index (χ1n) is 8.92. The monoisotopic (exact) mass is 433 g/mol. The maximum atomic E-state index is 13.0. The summed E-state index contributed by atoms with van der Waals surface area (Å²) in [7, 11) is 1.44. The zero-order chi connectivity index (χ0) is 21.7. The van der Waals surface area contributed by atoms with E-state index in [2.05, 4.69) is 20.7 Å². The van der Waals surface area contributed by atoms with E-state index in [9.17, 15) is 18.4 Å². The molecule has 7 nitrogen and oxygen atoms in total. The molecule has 2 heterocycles. The van der Waals surface area contributed by atoms with Gasteiger partial charge in [-0.3, -0.25) is 19.3 Å². The van der Waals surface area contributed by atoms with Gasteiger partial charge in [0.2, 0.25) is 0 Å². The largest absolute Gasteiger partial charge is 0.339 e. The number of aryl methyl sites for hydroxylation is 1. The van der Waals surface area contributed by atoms with Crippen molar-refractivity contribution in [2.45, 2.75) is 18.9 Å². The van der Waals surface area contributed by atoms with E-state index in [1.807, 2.05) is 0 Å². The average Bonchev–Trinajstić information content (AvgIpc) is 3.10. The highest BCUT2D eigenvalue weighted by Gasteiger charge is 2.24. The number of anilines is 1. The van der Waals surface area contributed by atoms with Gasteiger partial charge in [-0.1, -0.05) is 29.8 Å².